The van der Waals surface area contributed by atoms with Gasteiger partial charge in [0.1, 0.15) is 17.2 Å². The predicted molar refractivity (Wildman–Crippen MR) is 127 cm³/mol. The van der Waals surface area contributed by atoms with Crippen LogP contribution in [0.1, 0.15) is 63.0 Å². The molecule has 32 heavy (non-hydrogen) atoms. The van der Waals surface area contributed by atoms with Crippen molar-refractivity contribution in [1.82, 2.24) is 4.90 Å². The van der Waals surface area contributed by atoms with Crippen molar-refractivity contribution < 1.29 is 4.79 Å². The number of amides is 1. The van der Waals surface area contributed by atoms with Gasteiger partial charge in [-0.15, -0.1) is 0 Å². The van der Waals surface area contributed by atoms with Crippen LogP contribution in [0.25, 0.3) is 11.1 Å². The summed E-state index contributed by atoms with van der Waals surface area (Å²) >= 11 is 0. The maximum Gasteiger partial charge on any atom is 0.256 e. The zero-order chi connectivity index (χ0) is 23.1. The quantitative estimate of drug-likeness (QED) is 0.262. The zero-order valence-corrected chi connectivity index (χ0v) is 18.7. The lowest BCUT2D eigenvalue weighted by atomic mass is 9.97. The standard InChI is InChI=1S/C25H30N4O.H2N2/c1-2-3-10-22-28-25(15-6-7-16-25)24(30)29(22)17-18-11-13-19(14-12-18)20-8-4-5-9-21(20)23(26)27;1-2/h4-5,8-9,11-14H,2-3,6-7,10,15-17H2,1H3,(H3,26,27);1-2H. The highest BCUT2D eigenvalue weighted by molar-refractivity contribution is 6.08. The van der Waals surface area contributed by atoms with Crippen LogP contribution in [0.15, 0.2) is 53.5 Å². The number of nitrogen functional groups attached to an aromatic ring is 1. The molecule has 0 bridgehead atoms. The van der Waals surface area contributed by atoms with Gasteiger partial charge in [-0.25, -0.2) is 11.1 Å². The SMILES string of the molecule is CCCCC1=NC2(CCCC2)C(=O)N1Cc1ccc(-c2ccccc2C(=N)N)cc1.N=N. The van der Waals surface area contributed by atoms with Crippen LogP contribution in [0.3, 0.4) is 0 Å². The monoisotopic (exact) mass is 432 g/mol. The maximum atomic E-state index is 13.3. The van der Waals surface area contributed by atoms with E-state index in [-0.39, 0.29) is 11.7 Å². The fourth-order valence-electron chi connectivity index (χ4n) is 4.64. The number of unbranched alkanes of at least 4 members (excludes halogenated alkanes) is 1. The molecule has 2 aromatic rings. The molecule has 1 fully saturated rings. The van der Waals surface area contributed by atoms with Gasteiger partial charge < -0.3 is 5.73 Å². The second-order valence-electron chi connectivity index (χ2n) is 8.42. The summed E-state index contributed by atoms with van der Waals surface area (Å²) in [5.74, 6) is 1.22. The topological polar surface area (TPSA) is 130 Å². The number of aliphatic imine (C=N–C) groups is 1. The third-order valence-electron chi connectivity index (χ3n) is 6.31. The Labute approximate surface area is 189 Å². The maximum absolute atomic E-state index is 13.3. The Morgan fingerprint density at radius 3 is 2.38 bits per heavy atom. The summed E-state index contributed by atoms with van der Waals surface area (Å²) in [5, 5.41) is 7.82. The van der Waals surface area contributed by atoms with Crippen molar-refractivity contribution in [2.75, 3.05) is 0 Å². The van der Waals surface area contributed by atoms with Crippen LogP contribution in [0.4, 0.5) is 0 Å². The summed E-state index contributed by atoms with van der Waals surface area (Å²) in [4.78, 5) is 20.2. The van der Waals surface area contributed by atoms with E-state index in [1.807, 2.05) is 41.3 Å². The molecule has 7 nitrogen and oxygen atoms in total. The van der Waals surface area contributed by atoms with Gasteiger partial charge in [0.15, 0.2) is 0 Å². The van der Waals surface area contributed by atoms with Crippen LogP contribution in [-0.2, 0) is 11.3 Å². The van der Waals surface area contributed by atoms with E-state index < -0.39 is 5.54 Å². The average molecular weight is 433 g/mol. The van der Waals surface area contributed by atoms with Gasteiger partial charge in [0.05, 0.1) is 6.54 Å². The van der Waals surface area contributed by atoms with E-state index in [2.05, 4.69) is 19.1 Å². The molecule has 0 atom stereocenters. The molecule has 1 spiro atoms. The Bertz CT molecular complexity index is 992. The van der Waals surface area contributed by atoms with Gasteiger partial charge in [-0.2, -0.15) is 0 Å². The number of carbonyl (C=O) groups excluding carboxylic acids is 1. The molecular formula is C25H32N6O. The third-order valence-corrected chi connectivity index (χ3v) is 6.31. The smallest absolute Gasteiger partial charge is 0.256 e. The normalized spacial score (nSPS) is 16.6. The minimum absolute atomic E-state index is 0.0657. The Morgan fingerprint density at radius 2 is 1.75 bits per heavy atom. The summed E-state index contributed by atoms with van der Waals surface area (Å²) in [6.45, 7) is 2.74. The van der Waals surface area contributed by atoms with Gasteiger partial charge in [0.2, 0.25) is 0 Å². The average Bonchev–Trinajstić information content (AvgIpc) is 3.40. The van der Waals surface area contributed by atoms with Crippen molar-refractivity contribution in [3.63, 3.8) is 0 Å². The lowest BCUT2D eigenvalue weighted by Gasteiger charge is -2.23. The Morgan fingerprint density at radius 1 is 1.09 bits per heavy atom. The summed E-state index contributed by atoms with van der Waals surface area (Å²) in [7, 11) is 0. The number of hydrogen-bond donors (Lipinski definition) is 4. The number of benzene rings is 2. The lowest BCUT2D eigenvalue weighted by molar-refractivity contribution is -0.131. The highest BCUT2D eigenvalue weighted by Crippen LogP contribution is 2.40. The highest BCUT2D eigenvalue weighted by Gasteiger charge is 2.49. The van der Waals surface area contributed by atoms with Crippen molar-refractivity contribution in [3.8, 4) is 11.1 Å². The van der Waals surface area contributed by atoms with E-state index in [0.29, 0.717) is 6.54 Å². The number of hydrogen-bond acceptors (Lipinski definition) is 5. The van der Waals surface area contributed by atoms with Gasteiger partial charge in [-0.3, -0.25) is 20.1 Å². The van der Waals surface area contributed by atoms with Crippen molar-refractivity contribution in [1.29, 1.82) is 16.5 Å². The fourth-order valence-corrected chi connectivity index (χ4v) is 4.64. The number of carbonyl (C=O) groups is 1. The molecular weight excluding hydrogens is 400 g/mol. The van der Waals surface area contributed by atoms with Gasteiger partial charge >= 0.3 is 0 Å². The first-order valence-electron chi connectivity index (χ1n) is 11.2. The summed E-state index contributed by atoms with van der Waals surface area (Å²) in [6.07, 6.45) is 6.98. The van der Waals surface area contributed by atoms with Crippen LogP contribution >= 0.6 is 0 Å². The van der Waals surface area contributed by atoms with Crippen molar-refractivity contribution in [2.24, 2.45) is 10.7 Å². The molecule has 7 heteroatoms. The number of nitrogens with one attached hydrogen (secondary N) is 3. The minimum Gasteiger partial charge on any atom is -0.384 e. The van der Waals surface area contributed by atoms with Crippen LogP contribution in [0.2, 0.25) is 0 Å². The molecule has 1 aliphatic heterocycles. The molecule has 1 amide bonds. The number of amidine groups is 2. The Kier molecular flexibility index (Phi) is 7.51. The Hall–Kier alpha value is -3.35. The van der Waals surface area contributed by atoms with Crippen molar-refractivity contribution >= 4 is 17.6 Å². The van der Waals surface area contributed by atoms with Crippen molar-refractivity contribution in [2.45, 2.75) is 64.0 Å². The molecule has 0 radical (unpaired) electrons. The first-order valence-corrected chi connectivity index (χ1v) is 11.2. The van der Waals surface area contributed by atoms with Gasteiger partial charge in [0, 0.05) is 12.0 Å². The van der Waals surface area contributed by atoms with Crippen LogP contribution in [0, 0.1) is 16.5 Å². The molecule has 0 saturated heterocycles. The van der Waals surface area contributed by atoms with Crippen LogP contribution < -0.4 is 5.73 Å². The van der Waals surface area contributed by atoms with E-state index in [0.717, 1.165) is 73.0 Å². The molecule has 168 valence electrons. The van der Waals surface area contributed by atoms with Crippen LogP contribution in [0.5, 0.6) is 0 Å². The summed E-state index contributed by atoms with van der Waals surface area (Å²) in [5.41, 5.74) is 19.1. The van der Waals surface area contributed by atoms with E-state index in [1.54, 1.807) is 0 Å². The van der Waals surface area contributed by atoms with Gasteiger partial charge in [-0.1, -0.05) is 74.7 Å². The predicted octanol–water partition coefficient (Wildman–Crippen LogP) is 5.48. The van der Waals surface area contributed by atoms with E-state index >= 15 is 0 Å². The minimum atomic E-state index is -0.483. The van der Waals surface area contributed by atoms with E-state index in [4.69, 9.17) is 27.2 Å². The molecule has 4 rings (SSSR count). The number of rotatable bonds is 7. The number of nitrogens with two attached hydrogens (primary N) is 1. The third kappa shape index (κ3) is 4.61. The lowest BCUT2D eigenvalue weighted by Crippen LogP contribution is -2.40. The second-order valence-corrected chi connectivity index (χ2v) is 8.42. The number of nitrogens with zero attached hydrogens (tertiary/aromatic N) is 2. The molecule has 5 N–H and O–H groups in total. The van der Waals surface area contributed by atoms with Crippen molar-refractivity contribution in [3.05, 3.63) is 59.7 Å². The first kappa shape index (κ1) is 23.3. The van der Waals surface area contributed by atoms with E-state index in [1.165, 1.54) is 0 Å². The molecule has 1 heterocycles. The zero-order valence-electron chi connectivity index (χ0n) is 18.7. The van der Waals surface area contributed by atoms with Gasteiger partial charge in [0.25, 0.3) is 5.91 Å². The first-order chi connectivity index (χ1) is 15.5. The molecule has 1 saturated carbocycles. The summed E-state index contributed by atoms with van der Waals surface area (Å²) < 4.78 is 0. The molecule has 1 aliphatic carbocycles. The molecule has 0 aromatic heterocycles. The largest absolute Gasteiger partial charge is 0.384 e. The fraction of sp³-hybridized carbons (Fsp3) is 0.400. The highest BCUT2D eigenvalue weighted by atomic mass is 16.2. The Balaban J connectivity index is 0.00000141. The molecule has 0 unspecified atom stereocenters. The van der Waals surface area contributed by atoms with Gasteiger partial charge in [-0.05, 0) is 36.0 Å². The van der Waals surface area contributed by atoms with E-state index in [9.17, 15) is 4.79 Å². The van der Waals surface area contributed by atoms with Crippen LogP contribution in [-0.4, -0.2) is 28.0 Å². The molecule has 2 aliphatic rings. The second kappa shape index (κ2) is 10.3. The molecule has 2 aromatic carbocycles. The summed E-state index contributed by atoms with van der Waals surface area (Å²) in [6, 6.07) is 15.9.